The second-order valence-corrected chi connectivity index (χ2v) is 5.79. The largest absolute Gasteiger partial charge is 0.352 e. The smallest absolute Gasteiger partial charge is 0.250 e. The zero-order valence-corrected chi connectivity index (χ0v) is 12.5. The van der Waals surface area contributed by atoms with Crippen LogP contribution in [0.3, 0.4) is 0 Å². The standard InChI is InChI=1S/C17H23N3O/c1-2-18-17(14-6-7-14)15-8-10-19(13-15)11-12-20-9-4-3-5-16(20)21/h3-5,8-10,13-14,17-18H,2,6-7,11-12H2,1H3. The van der Waals surface area contributed by atoms with Crippen LogP contribution in [-0.2, 0) is 13.1 Å². The summed E-state index contributed by atoms with van der Waals surface area (Å²) in [5.41, 5.74) is 1.44. The normalized spacial score (nSPS) is 16.0. The highest BCUT2D eigenvalue weighted by Crippen LogP contribution is 2.40. The van der Waals surface area contributed by atoms with E-state index in [0.717, 1.165) is 19.0 Å². The molecule has 112 valence electrons. The van der Waals surface area contributed by atoms with Gasteiger partial charge in [0.05, 0.1) is 0 Å². The Morgan fingerprint density at radius 2 is 2.10 bits per heavy atom. The van der Waals surface area contributed by atoms with Crippen LogP contribution in [-0.4, -0.2) is 15.7 Å². The molecule has 0 aromatic carbocycles. The molecule has 0 radical (unpaired) electrons. The first kappa shape index (κ1) is 14.1. The molecule has 1 aliphatic carbocycles. The predicted octanol–water partition coefficient (Wildman–Crippen LogP) is 2.41. The first-order valence-corrected chi connectivity index (χ1v) is 7.82. The van der Waals surface area contributed by atoms with E-state index in [0.29, 0.717) is 12.6 Å². The van der Waals surface area contributed by atoms with E-state index >= 15 is 0 Å². The van der Waals surface area contributed by atoms with Crippen molar-refractivity contribution in [2.75, 3.05) is 6.54 Å². The molecule has 0 spiro atoms. The number of aryl methyl sites for hydroxylation is 2. The second kappa shape index (κ2) is 6.31. The Labute approximate surface area is 125 Å². The lowest BCUT2D eigenvalue weighted by Gasteiger charge is -2.15. The van der Waals surface area contributed by atoms with Gasteiger partial charge in [0.25, 0.3) is 5.56 Å². The summed E-state index contributed by atoms with van der Waals surface area (Å²) >= 11 is 0. The molecule has 0 aliphatic heterocycles. The van der Waals surface area contributed by atoms with Crippen molar-refractivity contribution >= 4 is 0 Å². The quantitative estimate of drug-likeness (QED) is 0.848. The Morgan fingerprint density at radius 1 is 1.24 bits per heavy atom. The minimum atomic E-state index is 0.0633. The Bertz CT molecular complexity index is 639. The molecule has 1 N–H and O–H groups in total. The number of hydrogen-bond acceptors (Lipinski definition) is 2. The Hall–Kier alpha value is -1.81. The van der Waals surface area contributed by atoms with Crippen molar-refractivity contribution in [3.8, 4) is 0 Å². The predicted molar refractivity (Wildman–Crippen MR) is 84.3 cm³/mol. The molecule has 1 aliphatic rings. The average Bonchev–Trinajstić information content (AvgIpc) is 3.22. The van der Waals surface area contributed by atoms with Gasteiger partial charge in [-0.15, -0.1) is 0 Å². The molecule has 2 aromatic heterocycles. The van der Waals surface area contributed by atoms with Crippen molar-refractivity contribution in [3.05, 3.63) is 58.8 Å². The topological polar surface area (TPSA) is 39.0 Å². The zero-order valence-electron chi connectivity index (χ0n) is 12.5. The highest BCUT2D eigenvalue weighted by molar-refractivity contribution is 5.18. The van der Waals surface area contributed by atoms with Crippen LogP contribution in [0.4, 0.5) is 0 Å². The minimum Gasteiger partial charge on any atom is -0.352 e. The first-order chi connectivity index (χ1) is 10.3. The van der Waals surface area contributed by atoms with Crippen molar-refractivity contribution in [1.82, 2.24) is 14.5 Å². The summed E-state index contributed by atoms with van der Waals surface area (Å²) in [6.45, 7) is 4.70. The highest BCUT2D eigenvalue weighted by atomic mass is 16.1. The maximum absolute atomic E-state index is 11.7. The Morgan fingerprint density at radius 3 is 2.81 bits per heavy atom. The molecule has 1 atom stereocenters. The van der Waals surface area contributed by atoms with Crippen LogP contribution in [0.25, 0.3) is 0 Å². The van der Waals surface area contributed by atoms with Crippen molar-refractivity contribution in [2.45, 2.75) is 38.9 Å². The Balaban J connectivity index is 1.65. The number of pyridine rings is 1. The third-order valence-electron chi connectivity index (χ3n) is 4.15. The summed E-state index contributed by atoms with van der Waals surface area (Å²) in [5.74, 6) is 0.803. The van der Waals surface area contributed by atoms with E-state index in [1.54, 1.807) is 16.7 Å². The molecule has 0 bridgehead atoms. The molecule has 4 heteroatoms. The van der Waals surface area contributed by atoms with E-state index in [9.17, 15) is 4.79 Å². The molecule has 4 nitrogen and oxygen atoms in total. The van der Waals surface area contributed by atoms with Gasteiger partial charge in [0, 0.05) is 43.8 Å². The van der Waals surface area contributed by atoms with Crippen LogP contribution in [0, 0.1) is 5.92 Å². The molecule has 3 rings (SSSR count). The lowest BCUT2D eigenvalue weighted by molar-refractivity contribution is 0.493. The summed E-state index contributed by atoms with van der Waals surface area (Å²) in [6.07, 6.45) is 8.86. The van der Waals surface area contributed by atoms with Gasteiger partial charge in [-0.05, 0) is 43.0 Å². The van der Waals surface area contributed by atoms with Crippen molar-refractivity contribution in [2.24, 2.45) is 5.92 Å². The number of rotatable bonds is 7. The molecule has 0 saturated heterocycles. The number of aromatic nitrogens is 2. The maximum Gasteiger partial charge on any atom is 0.250 e. The highest BCUT2D eigenvalue weighted by Gasteiger charge is 2.31. The fraction of sp³-hybridized carbons (Fsp3) is 0.471. The van der Waals surface area contributed by atoms with Crippen LogP contribution in [0.15, 0.2) is 47.7 Å². The van der Waals surface area contributed by atoms with Crippen molar-refractivity contribution in [1.29, 1.82) is 0 Å². The van der Waals surface area contributed by atoms with E-state index in [4.69, 9.17) is 0 Å². The van der Waals surface area contributed by atoms with Gasteiger partial charge in [0.1, 0.15) is 0 Å². The summed E-state index contributed by atoms with van der Waals surface area (Å²) in [7, 11) is 0. The molecule has 1 saturated carbocycles. The van der Waals surface area contributed by atoms with Gasteiger partial charge in [-0.1, -0.05) is 13.0 Å². The average molecular weight is 285 g/mol. The van der Waals surface area contributed by atoms with E-state index < -0.39 is 0 Å². The molecule has 2 aromatic rings. The molecule has 21 heavy (non-hydrogen) atoms. The molecular weight excluding hydrogens is 262 g/mol. The second-order valence-electron chi connectivity index (χ2n) is 5.79. The maximum atomic E-state index is 11.7. The van der Waals surface area contributed by atoms with Gasteiger partial charge in [0.2, 0.25) is 0 Å². The Kier molecular flexibility index (Phi) is 4.25. The summed E-state index contributed by atoms with van der Waals surface area (Å²) in [5, 5.41) is 3.59. The van der Waals surface area contributed by atoms with E-state index in [1.807, 2.05) is 12.3 Å². The summed E-state index contributed by atoms with van der Waals surface area (Å²) in [6, 6.07) is 7.99. The van der Waals surface area contributed by atoms with E-state index in [1.165, 1.54) is 18.4 Å². The fourth-order valence-corrected chi connectivity index (χ4v) is 2.86. The summed E-state index contributed by atoms with van der Waals surface area (Å²) < 4.78 is 3.93. The van der Waals surface area contributed by atoms with Gasteiger partial charge in [-0.2, -0.15) is 0 Å². The number of hydrogen-bond donors (Lipinski definition) is 1. The monoisotopic (exact) mass is 285 g/mol. The van der Waals surface area contributed by atoms with E-state index in [2.05, 4.69) is 35.3 Å². The van der Waals surface area contributed by atoms with Crippen LogP contribution < -0.4 is 10.9 Å². The van der Waals surface area contributed by atoms with Crippen LogP contribution in [0.5, 0.6) is 0 Å². The van der Waals surface area contributed by atoms with Crippen LogP contribution >= 0.6 is 0 Å². The molecule has 1 fully saturated rings. The third-order valence-corrected chi connectivity index (χ3v) is 4.15. The van der Waals surface area contributed by atoms with Gasteiger partial charge in [0.15, 0.2) is 0 Å². The number of nitrogens with one attached hydrogen (secondary N) is 1. The minimum absolute atomic E-state index is 0.0633. The summed E-state index contributed by atoms with van der Waals surface area (Å²) in [4.78, 5) is 11.7. The van der Waals surface area contributed by atoms with Crippen molar-refractivity contribution < 1.29 is 0 Å². The van der Waals surface area contributed by atoms with Gasteiger partial charge < -0.3 is 14.5 Å². The molecular formula is C17H23N3O. The molecule has 1 unspecified atom stereocenters. The van der Waals surface area contributed by atoms with E-state index in [-0.39, 0.29) is 5.56 Å². The molecule has 2 heterocycles. The zero-order chi connectivity index (χ0) is 14.7. The lowest BCUT2D eigenvalue weighted by Crippen LogP contribution is -2.22. The van der Waals surface area contributed by atoms with Crippen LogP contribution in [0.2, 0.25) is 0 Å². The van der Waals surface area contributed by atoms with Gasteiger partial charge in [-0.25, -0.2) is 0 Å². The molecule has 0 amide bonds. The number of nitrogens with zero attached hydrogens (tertiary/aromatic N) is 2. The first-order valence-electron chi connectivity index (χ1n) is 7.82. The van der Waals surface area contributed by atoms with Crippen molar-refractivity contribution in [3.63, 3.8) is 0 Å². The third kappa shape index (κ3) is 3.45. The van der Waals surface area contributed by atoms with Crippen LogP contribution in [0.1, 0.15) is 31.4 Å². The SMILES string of the molecule is CCNC(c1ccn(CCn2ccccc2=O)c1)C1CC1. The van der Waals surface area contributed by atoms with Gasteiger partial charge >= 0.3 is 0 Å². The van der Waals surface area contributed by atoms with Gasteiger partial charge in [-0.3, -0.25) is 4.79 Å². The lowest BCUT2D eigenvalue weighted by atomic mass is 10.1. The fourth-order valence-electron chi connectivity index (χ4n) is 2.86.